The molecule has 1 aromatic rings. The maximum Gasteiger partial charge on any atom is 0.333 e. The fraction of sp³-hybridized carbons (Fsp3) is 0.609. The van der Waals surface area contributed by atoms with Crippen LogP contribution in [-0.2, 0) is 9.53 Å². The molecule has 0 radical (unpaired) electrons. The third-order valence-electron chi connectivity index (χ3n) is 5.28. The molecule has 3 heteroatoms. The Kier molecular flexibility index (Phi) is 8.73. The van der Waals surface area contributed by atoms with Gasteiger partial charge < -0.3 is 9.47 Å². The highest BCUT2D eigenvalue weighted by Crippen LogP contribution is 2.37. The summed E-state index contributed by atoms with van der Waals surface area (Å²) in [6.45, 7) is 8.58. The molecular weight excluding hydrogens is 324 g/mol. The van der Waals surface area contributed by atoms with Crippen molar-refractivity contribution in [1.82, 2.24) is 0 Å². The van der Waals surface area contributed by atoms with E-state index in [-0.39, 0.29) is 5.97 Å². The molecule has 0 unspecified atom stereocenters. The molecule has 0 spiro atoms. The molecule has 1 fully saturated rings. The molecule has 0 saturated heterocycles. The van der Waals surface area contributed by atoms with Crippen LogP contribution in [0, 0.1) is 5.92 Å². The summed E-state index contributed by atoms with van der Waals surface area (Å²) in [5, 5.41) is 0. The second-order valence-corrected chi connectivity index (χ2v) is 7.55. The number of rotatable bonds is 10. The van der Waals surface area contributed by atoms with Crippen molar-refractivity contribution in [2.24, 2.45) is 5.92 Å². The molecule has 0 amide bonds. The van der Waals surface area contributed by atoms with Gasteiger partial charge in [-0.15, -0.1) is 0 Å². The first-order valence-corrected chi connectivity index (χ1v) is 10.2. The zero-order valence-corrected chi connectivity index (χ0v) is 16.5. The molecule has 144 valence electrons. The minimum Gasteiger partial charge on any atom is -0.494 e. The Balaban J connectivity index is 1.63. The highest BCUT2D eigenvalue weighted by molar-refractivity contribution is 5.86. The number of carbonyl (C=O) groups excluding carboxylic acids is 1. The van der Waals surface area contributed by atoms with E-state index in [1.54, 1.807) is 6.92 Å². The van der Waals surface area contributed by atoms with Gasteiger partial charge in [0.25, 0.3) is 0 Å². The molecule has 1 aliphatic rings. The zero-order chi connectivity index (χ0) is 18.8. The summed E-state index contributed by atoms with van der Waals surface area (Å²) >= 11 is 0. The number of unbranched alkanes of at least 4 members (excludes halogenated alkanes) is 1. The van der Waals surface area contributed by atoms with Gasteiger partial charge in [-0.3, -0.25) is 0 Å². The number of ether oxygens (including phenoxy) is 2. The topological polar surface area (TPSA) is 35.5 Å². The molecule has 0 aliphatic heterocycles. The van der Waals surface area contributed by atoms with E-state index in [1.165, 1.54) is 44.1 Å². The van der Waals surface area contributed by atoms with Crippen LogP contribution in [0.5, 0.6) is 5.75 Å². The Hall–Kier alpha value is -1.77. The highest BCUT2D eigenvalue weighted by atomic mass is 16.5. The number of esters is 1. The van der Waals surface area contributed by atoms with Gasteiger partial charge in [0.1, 0.15) is 5.75 Å². The number of benzene rings is 1. The van der Waals surface area contributed by atoms with Crippen LogP contribution in [0.2, 0.25) is 0 Å². The van der Waals surface area contributed by atoms with Crippen LogP contribution in [0.15, 0.2) is 36.4 Å². The van der Waals surface area contributed by atoms with Gasteiger partial charge in [0, 0.05) is 5.57 Å². The molecule has 1 aliphatic carbocycles. The van der Waals surface area contributed by atoms with E-state index in [9.17, 15) is 4.79 Å². The molecule has 26 heavy (non-hydrogen) atoms. The molecule has 2 rings (SSSR count). The lowest BCUT2D eigenvalue weighted by Crippen LogP contribution is -2.13. The summed E-state index contributed by atoms with van der Waals surface area (Å²) < 4.78 is 10.9. The van der Waals surface area contributed by atoms with E-state index in [0.29, 0.717) is 18.8 Å². The van der Waals surface area contributed by atoms with Crippen molar-refractivity contribution < 1.29 is 14.3 Å². The van der Waals surface area contributed by atoms with Gasteiger partial charge in [-0.1, -0.05) is 38.5 Å². The predicted octanol–water partition coefficient (Wildman–Crippen LogP) is 6.04. The van der Waals surface area contributed by atoms with Gasteiger partial charge in [0.15, 0.2) is 0 Å². The van der Waals surface area contributed by atoms with Crippen molar-refractivity contribution in [1.29, 1.82) is 0 Å². The quantitative estimate of drug-likeness (QED) is 0.291. The van der Waals surface area contributed by atoms with Crippen molar-refractivity contribution in [3.8, 4) is 5.75 Å². The Labute approximate surface area is 158 Å². The molecule has 0 heterocycles. The monoisotopic (exact) mass is 358 g/mol. The van der Waals surface area contributed by atoms with E-state index < -0.39 is 0 Å². The average molecular weight is 359 g/mol. The predicted molar refractivity (Wildman–Crippen MR) is 107 cm³/mol. The number of hydrogen-bond acceptors (Lipinski definition) is 3. The fourth-order valence-electron chi connectivity index (χ4n) is 3.71. The van der Waals surface area contributed by atoms with Gasteiger partial charge in [-0.05, 0) is 75.0 Å². The largest absolute Gasteiger partial charge is 0.494 e. The van der Waals surface area contributed by atoms with Crippen LogP contribution in [0.3, 0.4) is 0 Å². The lowest BCUT2D eigenvalue weighted by molar-refractivity contribution is -0.139. The van der Waals surface area contributed by atoms with Crippen molar-refractivity contribution >= 4 is 5.97 Å². The first-order chi connectivity index (χ1) is 12.6. The maximum atomic E-state index is 11.3. The SMILES string of the molecule is C=C(C)C(=O)OCCCCOc1ccc([C@H]2CC[C@H](CCC)CC2)cc1. The first kappa shape index (κ1) is 20.5. The molecule has 1 aromatic carbocycles. The second kappa shape index (κ2) is 11.1. The van der Waals surface area contributed by atoms with Gasteiger partial charge in [-0.2, -0.15) is 0 Å². The summed E-state index contributed by atoms with van der Waals surface area (Å²) in [5.74, 6) is 2.28. The summed E-state index contributed by atoms with van der Waals surface area (Å²) in [5.41, 5.74) is 1.90. The van der Waals surface area contributed by atoms with Crippen LogP contribution < -0.4 is 4.74 Å². The number of carbonyl (C=O) groups is 1. The highest BCUT2D eigenvalue weighted by Gasteiger charge is 2.21. The first-order valence-electron chi connectivity index (χ1n) is 10.2. The fourth-order valence-corrected chi connectivity index (χ4v) is 3.71. The summed E-state index contributed by atoms with van der Waals surface area (Å²) in [6.07, 6.45) is 9.80. The van der Waals surface area contributed by atoms with Crippen LogP contribution in [0.4, 0.5) is 0 Å². The summed E-state index contributed by atoms with van der Waals surface area (Å²) in [6, 6.07) is 8.65. The Morgan fingerprint density at radius 3 is 2.35 bits per heavy atom. The smallest absolute Gasteiger partial charge is 0.333 e. The molecule has 0 bridgehead atoms. The van der Waals surface area contributed by atoms with Crippen LogP contribution in [0.1, 0.15) is 76.7 Å². The van der Waals surface area contributed by atoms with Crippen LogP contribution in [-0.4, -0.2) is 19.2 Å². The van der Waals surface area contributed by atoms with Crippen molar-refractivity contribution in [3.63, 3.8) is 0 Å². The van der Waals surface area contributed by atoms with Gasteiger partial charge in [0.05, 0.1) is 13.2 Å². The van der Waals surface area contributed by atoms with Crippen molar-refractivity contribution in [2.45, 2.75) is 71.1 Å². The Morgan fingerprint density at radius 1 is 1.08 bits per heavy atom. The van der Waals surface area contributed by atoms with E-state index >= 15 is 0 Å². The van der Waals surface area contributed by atoms with E-state index in [4.69, 9.17) is 9.47 Å². The lowest BCUT2D eigenvalue weighted by atomic mass is 9.77. The second-order valence-electron chi connectivity index (χ2n) is 7.55. The zero-order valence-electron chi connectivity index (χ0n) is 16.5. The minimum atomic E-state index is -0.315. The third kappa shape index (κ3) is 6.86. The van der Waals surface area contributed by atoms with Crippen LogP contribution in [0.25, 0.3) is 0 Å². The molecule has 0 atom stereocenters. The van der Waals surface area contributed by atoms with Gasteiger partial charge in [-0.25, -0.2) is 4.79 Å². The van der Waals surface area contributed by atoms with Crippen LogP contribution >= 0.6 is 0 Å². The Morgan fingerprint density at radius 2 is 1.73 bits per heavy atom. The maximum absolute atomic E-state index is 11.3. The summed E-state index contributed by atoms with van der Waals surface area (Å²) in [4.78, 5) is 11.3. The third-order valence-corrected chi connectivity index (χ3v) is 5.28. The van der Waals surface area contributed by atoms with Crippen molar-refractivity contribution in [2.75, 3.05) is 13.2 Å². The van der Waals surface area contributed by atoms with Gasteiger partial charge >= 0.3 is 5.97 Å². The normalized spacial score (nSPS) is 19.8. The molecule has 0 aromatic heterocycles. The summed E-state index contributed by atoms with van der Waals surface area (Å²) in [7, 11) is 0. The minimum absolute atomic E-state index is 0.315. The number of hydrogen-bond donors (Lipinski definition) is 0. The van der Waals surface area contributed by atoms with E-state index in [1.807, 2.05) is 0 Å². The molecule has 1 saturated carbocycles. The van der Waals surface area contributed by atoms with E-state index in [0.717, 1.165) is 30.4 Å². The molecular formula is C23H34O3. The van der Waals surface area contributed by atoms with Gasteiger partial charge in [0.2, 0.25) is 0 Å². The van der Waals surface area contributed by atoms with Crippen molar-refractivity contribution in [3.05, 3.63) is 42.0 Å². The van der Waals surface area contributed by atoms with E-state index in [2.05, 4.69) is 37.8 Å². The molecule has 0 N–H and O–H groups in total. The average Bonchev–Trinajstić information content (AvgIpc) is 2.65. The lowest BCUT2D eigenvalue weighted by Gasteiger charge is -2.28. The Bertz CT molecular complexity index is 553. The molecule has 3 nitrogen and oxygen atoms in total. The standard InChI is InChI=1S/C23H34O3/c1-4-7-19-8-10-20(11-9-19)21-12-14-22(15-13-21)25-16-5-6-17-26-23(24)18(2)3/h12-15,19-20H,2,4-11,16-17H2,1,3H3/t19-,20-.